The van der Waals surface area contributed by atoms with E-state index in [1.807, 2.05) is 30.3 Å². The van der Waals surface area contributed by atoms with E-state index in [1.165, 1.54) is 12.5 Å². The van der Waals surface area contributed by atoms with Gasteiger partial charge in [-0.3, -0.25) is 9.69 Å². The number of amides is 1. The largest absolute Gasteiger partial charge is 0.548 e. The van der Waals surface area contributed by atoms with Crippen LogP contribution in [0.3, 0.4) is 0 Å². The number of carbonyl (C=O) groups is 2. The van der Waals surface area contributed by atoms with E-state index in [1.54, 1.807) is 31.4 Å². The van der Waals surface area contributed by atoms with Gasteiger partial charge in [0.25, 0.3) is 5.91 Å². The number of nitrogens with zero attached hydrogens (tertiary/aromatic N) is 1. The third-order valence-electron chi connectivity index (χ3n) is 4.53. The molecule has 2 aromatic carbocycles. The number of rotatable bonds is 8. The number of aliphatic carboxylic acids is 1. The van der Waals surface area contributed by atoms with E-state index in [2.05, 4.69) is 0 Å². The van der Waals surface area contributed by atoms with Gasteiger partial charge in [-0.2, -0.15) is 0 Å². The second kappa shape index (κ2) is 9.77. The van der Waals surface area contributed by atoms with Gasteiger partial charge in [0.2, 0.25) is 0 Å². The standard InChI is InChI=1S/C22H21NO5S2/c1-14(21(25)26)23-20(24)19(30-22(23)29)13-16-8-9-17(18(12-16)27-2)28-11-10-15-6-4-3-5-7-15/h3-9,12-14H,10-11H2,1-2H3,(H,25,26)/p-1/b19-13-/t14-/m0/s1. The molecule has 1 aliphatic heterocycles. The Morgan fingerprint density at radius 1 is 1.23 bits per heavy atom. The summed E-state index contributed by atoms with van der Waals surface area (Å²) < 4.78 is 11.5. The molecule has 0 saturated carbocycles. The van der Waals surface area contributed by atoms with Crippen LogP contribution in [0.1, 0.15) is 18.1 Å². The summed E-state index contributed by atoms with van der Waals surface area (Å²) in [5.41, 5.74) is 1.89. The Bertz CT molecular complexity index is 990. The smallest absolute Gasteiger partial charge is 0.266 e. The second-order valence-electron chi connectivity index (χ2n) is 6.54. The number of ether oxygens (including phenoxy) is 2. The van der Waals surface area contributed by atoms with Crippen molar-refractivity contribution in [2.75, 3.05) is 13.7 Å². The summed E-state index contributed by atoms with van der Waals surface area (Å²) in [6, 6.07) is 14.2. The molecule has 30 heavy (non-hydrogen) atoms. The Morgan fingerprint density at radius 2 is 1.97 bits per heavy atom. The van der Waals surface area contributed by atoms with E-state index in [4.69, 9.17) is 21.7 Å². The van der Waals surface area contributed by atoms with Crippen LogP contribution in [-0.4, -0.2) is 40.9 Å². The average Bonchev–Trinajstić information content (AvgIpc) is 3.01. The fourth-order valence-electron chi connectivity index (χ4n) is 2.89. The Morgan fingerprint density at radius 3 is 2.63 bits per heavy atom. The molecule has 2 aromatic rings. The average molecular weight is 443 g/mol. The normalized spacial score (nSPS) is 16.1. The summed E-state index contributed by atoms with van der Waals surface area (Å²) in [5, 5.41) is 11.1. The van der Waals surface area contributed by atoms with Gasteiger partial charge in [0.15, 0.2) is 11.5 Å². The molecule has 1 amide bonds. The first-order valence-corrected chi connectivity index (χ1v) is 10.5. The summed E-state index contributed by atoms with van der Waals surface area (Å²) in [5.74, 6) is -0.672. The maximum absolute atomic E-state index is 12.6. The molecule has 0 aromatic heterocycles. The van der Waals surface area contributed by atoms with Crippen LogP contribution in [0.15, 0.2) is 53.4 Å². The lowest BCUT2D eigenvalue weighted by Gasteiger charge is -2.23. The first-order chi connectivity index (χ1) is 14.4. The van der Waals surface area contributed by atoms with Crippen molar-refractivity contribution in [2.24, 2.45) is 0 Å². The fraction of sp³-hybridized carbons (Fsp3) is 0.227. The zero-order valence-electron chi connectivity index (χ0n) is 16.5. The summed E-state index contributed by atoms with van der Waals surface area (Å²) in [7, 11) is 1.55. The van der Waals surface area contributed by atoms with Gasteiger partial charge in [0.1, 0.15) is 4.32 Å². The summed E-state index contributed by atoms with van der Waals surface area (Å²) in [4.78, 5) is 25.1. The zero-order chi connectivity index (χ0) is 21.7. The third-order valence-corrected chi connectivity index (χ3v) is 5.86. The summed E-state index contributed by atoms with van der Waals surface area (Å²) in [6.45, 7) is 1.87. The molecule has 1 atom stereocenters. The molecular weight excluding hydrogens is 422 g/mol. The van der Waals surface area contributed by atoms with E-state index in [0.717, 1.165) is 23.1 Å². The van der Waals surface area contributed by atoms with E-state index < -0.39 is 17.9 Å². The first-order valence-electron chi connectivity index (χ1n) is 9.23. The first kappa shape index (κ1) is 21.9. The van der Waals surface area contributed by atoms with Crippen LogP contribution < -0.4 is 14.6 Å². The number of carboxylic acids is 1. The van der Waals surface area contributed by atoms with Crippen molar-refractivity contribution in [1.82, 2.24) is 4.90 Å². The van der Waals surface area contributed by atoms with E-state index in [0.29, 0.717) is 28.6 Å². The van der Waals surface area contributed by atoms with Gasteiger partial charge >= 0.3 is 0 Å². The highest BCUT2D eigenvalue weighted by atomic mass is 32.2. The van der Waals surface area contributed by atoms with Gasteiger partial charge < -0.3 is 19.4 Å². The molecule has 8 heteroatoms. The number of hydrogen-bond donors (Lipinski definition) is 0. The fourth-order valence-corrected chi connectivity index (χ4v) is 4.31. The van der Waals surface area contributed by atoms with Crippen molar-refractivity contribution in [3.63, 3.8) is 0 Å². The molecule has 3 rings (SSSR count). The van der Waals surface area contributed by atoms with Crippen LogP contribution in [0.5, 0.6) is 11.5 Å². The predicted octanol–water partition coefficient (Wildman–Crippen LogP) is 2.66. The number of benzene rings is 2. The topological polar surface area (TPSA) is 78.9 Å². The molecule has 0 unspecified atom stereocenters. The van der Waals surface area contributed by atoms with Gasteiger partial charge in [-0.05, 0) is 36.3 Å². The highest BCUT2D eigenvalue weighted by Crippen LogP contribution is 2.35. The van der Waals surface area contributed by atoms with E-state index >= 15 is 0 Å². The predicted molar refractivity (Wildman–Crippen MR) is 118 cm³/mol. The van der Waals surface area contributed by atoms with Gasteiger partial charge in [0, 0.05) is 6.42 Å². The van der Waals surface area contributed by atoms with E-state index in [9.17, 15) is 14.7 Å². The lowest BCUT2D eigenvalue weighted by Crippen LogP contribution is -2.48. The highest BCUT2D eigenvalue weighted by molar-refractivity contribution is 8.26. The van der Waals surface area contributed by atoms with Crippen molar-refractivity contribution in [3.8, 4) is 11.5 Å². The van der Waals surface area contributed by atoms with Crippen molar-refractivity contribution in [2.45, 2.75) is 19.4 Å². The van der Waals surface area contributed by atoms with Gasteiger partial charge in [-0.15, -0.1) is 0 Å². The number of carbonyl (C=O) groups excluding carboxylic acids is 2. The van der Waals surface area contributed by atoms with Gasteiger partial charge in [0.05, 0.1) is 30.6 Å². The molecule has 1 saturated heterocycles. The van der Waals surface area contributed by atoms with Crippen molar-refractivity contribution < 1.29 is 24.2 Å². The zero-order valence-corrected chi connectivity index (χ0v) is 18.1. The number of hydrogen-bond acceptors (Lipinski definition) is 7. The Hall–Kier alpha value is -2.84. The molecule has 0 radical (unpaired) electrons. The number of thiocarbonyl (C=S) groups is 1. The van der Waals surface area contributed by atoms with Crippen molar-refractivity contribution in [1.29, 1.82) is 0 Å². The van der Waals surface area contributed by atoms with Crippen LogP contribution >= 0.6 is 24.0 Å². The molecule has 1 aliphatic rings. The molecule has 1 fully saturated rings. The van der Waals surface area contributed by atoms with Crippen LogP contribution in [0.25, 0.3) is 6.08 Å². The third kappa shape index (κ3) is 5.01. The number of methoxy groups -OCH3 is 1. The Kier molecular flexibility index (Phi) is 7.12. The van der Waals surface area contributed by atoms with Crippen LogP contribution in [0.2, 0.25) is 0 Å². The molecular formula is C22H20NO5S2-. The SMILES string of the molecule is COc1cc(/C=C2\SC(=S)N([C@@H](C)C(=O)[O-])C2=O)ccc1OCCc1ccccc1. The molecule has 6 nitrogen and oxygen atoms in total. The Labute approximate surface area is 184 Å². The summed E-state index contributed by atoms with van der Waals surface area (Å²) >= 11 is 6.21. The monoisotopic (exact) mass is 442 g/mol. The minimum absolute atomic E-state index is 0.191. The van der Waals surface area contributed by atoms with Crippen molar-refractivity contribution >= 4 is 46.3 Å². The van der Waals surface area contributed by atoms with Crippen molar-refractivity contribution in [3.05, 3.63) is 64.6 Å². The summed E-state index contributed by atoms with van der Waals surface area (Å²) in [6.07, 6.45) is 2.42. The van der Waals surface area contributed by atoms with Gasteiger partial charge in [-0.25, -0.2) is 0 Å². The second-order valence-corrected chi connectivity index (χ2v) is 8.22. The van der Waals surface area contributed by atoms with E-state index in [-0.39, 0.29) is 4.32 Å². The minimum atomic E-state index is -1.36. The van der Waals surface area contributed by atoms with Crippen LogP contribution in [-0.2, 0) is 16.0 Å². The molecule has 0 spiro atoms. The molecule has 0 N–H and O–H groups in total. The maximum atomic E-state index is 12.6. The minimum Gasteiger partial charge on any atom is -0.548 e. The van der Waals surface area contributed by atoms with Crippen LogP contribution in [0, 0.1) is 0 Å². The lowest BCUT2D eigenvalue weighted by atomic mass is 10.1. The highest BCUT2D eigenvalue weighted by Gasteiger charge is 2.35. The Balaban J connectivity index is 1.72. The van der Waals surface area contributed by atoms with Crippen LogP contribution in [0.4, 0.5) is 0 Å². The number of thioether (sulfide) groups is 1. The lowest BCUT2D eigenvalue weighted by molar-refractivity contribution is -0.309. The van der Waals surface area contributed by atoms with Gasteiger partial charge in [-0.1, -0.05) is 60.4 Å². The number of carboxylic acid groups (broad SMARTS) is 1. The maximum Gasteiger partial charge on any atom is 0.266 e. The molecule has 0 bridgehead atoms. The quantitative estimate of drug-likeness (QED) is 0.459. The molecule has 1 heterocycles. The molecule has 156 valence electrons. The molecule has 0 aliphatic carbocycles.